The molecule has 0 aliphatic heterocycles. The summed E-state index contributed by atoms with van der Waals surface area (Å²) in [7, 11) is 1.62. The molecule has 5 nitrogen and oxygen atoms in total. The Kier molecular flexibility index (Phi) is 7.91. The number of hydrogen-bond donors (Lipinski definition) is 1. The van der Waals surface area contributed by atoms with Crippen molar-refractivity contribution in [2.24, 2.45) is 0 Å². The number of anilines is 1. The maximum Gasteiger partial charge on any atom is 0.223 e. The van der Waals surface area contributed by atoms with E-state index in [1.165, 1.54) is 6.92 Å². The van der Waals surface area contributed by atoms with Crippen LogP contribution in [0.2, 0.25) is 5.02 Å². The van der Waals surface area contributed by atoms with Crippen molar-refractivity contribution in [2.45, 2.75) is 26.7 Å². The minimum Gasteiger partial charge on any atom is -0.385 e. The lowest BCUT2D eigenvalue weighted by molar-refractivity contribution is -0.121. The number of nitrogens with one attached hydrogen (secondary N) is 1. The van der Waals surface area contributed by atoms with Gasteiger partial charge in [-0.3, -0.25) is 9.59 Å². The summed E-state index contributed by atoms with van der Waals surface area (Å²) in [6, 6.07) is 5.38. The summed E-state index contributed by atoms with van der Waals surface area (Å²) in [5.74, 6) is -0.195. The Bertz CT molecular complexity index is 520. The van der Waals surface area contributed by atoms with Crippen molar-refractivity contribution < 1.29 is 14.3 Å². The van der Waals surface area contributed by atoms with Crippen molar-refractivity contribution in [3.8, 4) is 0 Å². The number of benzene rings is 1. The quantitative estimate of drug-likeness (QED) is 0.747. The standard InChI is InChI=1S/C16H23ClN2O3/c1-12-5-6-14(17)11-15(12)19(13(2)20)9-7-16(21)18-8-4-10-22-3/h5-6,11H,4,7-10H2,1-3H3,(H,18,21). The second-order valence-corrected chi connectivity index (χ2v) is 5.48. The van der Waals surface area contributed by atoms with Gasteiger partial charge < -0.3 is 15.0 Å². The summed E-state index contributed by atoms with van der Waals surface area (Å²) in [6.07, 6.45) is 1.02. The van der Waals surface area contributed by atoms with Gasteiger partial charge in [0.1, 0.15) is 0 Å². The van der Waals surface area contributed by atoms with Crippen molar-refractivity contribution in [1.29, 1.82) is 0 Å². The molecular formula is C16H23ClN2O3. The minimum absolute atomic E-state index is 0.0814. The van der Waals surface area contributed by atoms with E-state index in [-0.39, 0.29) is 18.2 Å². The molecule has 0 heterocycles. The molecule has 122 valence electrons. The number of carbonyl (C=O) groups is 2. The zero-order chi connectivity index (χ0) is 16.5. The van der Waals surface area contributed by atoms with Crippen molar-refractivity contribution in [1.82, 2.24) is 5.32 Å². The monoisotopic (exact) mass is 326 g/mol. The number of nitrogens with zero attached hydrogens (tertiary/aromatic N) is 1. The van der Waals surface area contributed by atoms with E-state index in [4.69, 9.17) is 16.3 Å². The topological polar surface area (TPSA) is 58.6 Å². The van der Waals surface area contributed by atoms with Crippen LogP contribution in [0.4, 0.5) is 5.69 Å². The van der Waals surface area contributed by atoms with Crippen LogP contribution >= 0.6 is 11.6 Å². The molecule has 0 saturated heterocycles. The van der Waals surface area contributed by atoms with E-state index in [0.717, 1.165) is 17.7 Å². The van der Waals surface area contributed by atoms with Crippen LogP contribution in [0.3, 0.4) is 0 Å². The number of amides is 2. The molecule has 0 atom stereocenters. The number of methoxy groups -OCH3 is 1. The summed E-state index contributed by atoms with van der Waals surface area (Å²) >= 11 is 6.00. The second-order valence-electron chi connectivity index (χ2n) is 5.05. The molecule has 0 fully saturated rings. The number of hydrogen-bond acceptors (Lipinski definition) is 3. The molecule has 0 aliphatic rings. The van der Waals surface area contributed by atoms with Crippen molar-refractivity contribution in [3.05, 3.63) is 28.8 Å². The number of ether oxygens (including phenoxy) is 1. The van der Waals surface area contributed by atoms with Gasteiger partial charge in [0.05, 0.1) is 0 Å². The van der Waals surface area contributed by atoms with Gasteiger partial charge in [0.25, 0.3) is 0 Å². The lowest BCUT2D eigenvalue weighted by atomic mass is 10.1. The molecule has 0 aromatic heterocycles. The lowest BCUT2D eigenvalue weighted by Crippen LogP contribution is -2.34. The van der Waals surface area contributed by atoms with Crippen LogP contribution < -0.4 is 10.2 Å². The predicted molar refractivity (Wildman–Crippen MR) is 88.3 cm³/mol. The Morgan fingerprint density at radius 2 is 2.09 bits per heavy atom. The van der Waals surface area contributed by atoms with Gasteiger partial charge in [-0.05, 0) is 31.0 Å². The third kappa shape index (κ3) is 6.03. The van der Waals surface area contributed by atoms with Gasteiger partial charge in [0.15, 0.2) is 0 Å². The van der Waals surface area contributed by atoms with Crippen LogP contribution in [0.15, 0.2) is 18.2 Å². The number of aryl methyl sites for hydroxylation is 1. The Balaban J connectivity index is 2.60. The van der Waals surface area contributed by atoms with Crippen LogP contribution in [0, 0.1) is 6.92 Å². The van der Waals surface area contributed by atoms with E-state index in [9.17, 15) is 9.59 Å². The zero-order valence-electron chi connectivity index (χ0n) is 13.3. The zero-order valence-corrected chi connectivity index (χ0v) is 14.1. The SMILES string of the molecule is COCCCNC(=O)CCN(C(C)=O)c1cc(Cl)ccc1C. The Labute approximate surface area is 136 Å². The van der Waals surface area contributed by atoms with Gasteiger partial charge >= 0.3 is 0 Å². The smallest absolute Gasteiger partial charge is 0.223 e. The molecule has 0 spiro atoms. The number of carbonyl (C=O) groups excluding carboxylic acids is 2. The molecule has 0 bridgehead atoms. The largest absolute Gasteiger partial charge is 0.385 e. The third-order valence-corrected chi connectivity index (χ3v) is 3.49. The molecule has 6 heteroatoms. The summed E-state index contributed by atoms with van der Waals surface area (Å²) in [4.78, 5) is 25.2. The number of rotatable bonds is 8. The average Bonchev–Trinajstić information content (AvgIpc) is 2.47. The van der Waals surface area contributed by atoms with Gasteiger partial charge in [-0.2, -0.15) is 0 Å². The van der Waals surface area contributed by atoms with Crippen LogP contribution in [0.25, 0.3) is 0 Å². The van der Waals surface area contributed by atoms with E-state index >= 15 is 0 Å². The first-order valence-electron chi connectivity index (χ1n) is 7.25. The molecule has 0 unspecified atom stereocenters. The highest BCUT2D eigenvalue weighted by atomic mass is 35.5. The maximum atomic E-state index is 11.9. The maximum absolute atomic E-state index is 11.9. The molecule has 1 N–H and O–H groups in total. The summed E-state index contributed by atoms with van der Waals surface area (Å²) in [5.41, 5.74) is 1.69. The first kappa shape index (κ1) is 18.5. The first-order valence-corrected chi connectivity index (χ1v) is 7.63. The van der Waals surface area contributed by atoms with Crippen molar-refractivity contribution >= 4 is 29.1 Å². The molecule has 1 rings (SSSR count). The Morgan fingerprint density at radius 1 is 1.36 bits per heavy atom. The Hall–Kier alpha value is -1.59. The van der Waals surface area contributed by atoms with E-state index in [1.807, 2.05) is 13.0 Å². The molecule has 22 heavy (non-hydrogen) atoms. The highest BCUT2D eigenvalue weighted by Gasteiger charge is 2.15. The van der Waals surface area contributed by atoms with Gasteiger partial charge in [-0.25, -0.2) is 0 Å². The summed E-state index contributed by atoms with van der Waals surface area (Å²) in [6.45, 7) is 4.90. The van der Waals surface area contributed by atoms with Crippen molar-refractivity contribution in [3.63, 3.8) is 0 Å². The fourth-order valence-corrected chi connectivity index (χ4v) is 2.23. The van der Waals surface area contributed by atoms with E-state index in [1.54, 1.807) is 24.1 Å². The van der Waals surface area contributed by atoms with Gasteiger partial charge in [0.2, 0.25) is 11.8 Å². The van der Waals surface area contributed by atoms with Crippen LogP contribution in [0.1, 0.15) is 25.3 Å². The molecule has 0 saturated carbocycles. The first-order chi connectivity index (χ1) is 10.5. The van der Waals surface area contributed by atoms with E-state index in [2.05, 4.69) is 5.32 Å². The highest BCUT2D eigenvalue weighted by Crippen LogP contribution is 2.24. The lowest BCUT2D eigenvalue weighted by Gasteiger charge is -2.23. The van der Waals surface area contributed by atoms with Gasteiger partial charge in [-0.1, -0.05) is 17.7 Å². The highest BCUT2D eigenvalue weighted by molar-refractivity contribution is 6.31. The average molecular weight is 327 g/mol. The van der Waals surface area contributed by atoms with Gasteiger partial charge in [0, 0.05) is 50.9 Å². The fourth-order valence-electron chi connectivity index (χ4n) is 2.07. The second kappa shape index (κ2) is 9.43. The van der Waals surface area contributed by atoms with Gasteiger partial charge in [-0.15, -0.1) is 0 Å². The van der Waals surface area contributed by atoms with Crippen molar-refractivity contribution in [2.75, 3.05) is 31.7 Å². The summed E-state index contributed by atoms with van der Waals surface area (Å²) < 4.78 is 4.92. The third-order valence-electron chi connectivity index (χ3n) is 3.25. The molecule has 0 aliphatic carbocycles. The minimum atomic E-state index is -0.113. The predicted octanol–water partition coefficient (Wildman–Crippen LogP) is 2.54. The molecular weight excluding hydrogens is 304 g/mol. The van der Waals surface area contributed by atoms with E-state index in [0.29, 0.717) is 24.7 Å². The normalized spacial score (nSPS) is 10.4. The molecule has 1 aromatic rings. The fraction of sp³-hybridized carbons (Fsp3) is 0.500. The molecule has 0 radical (unpaired) electrons. The summed E-state index contributed by atoms with van der Waals surface area (Å²) in [5, 5.41) is 3.37. The Morgan fingerprint density at radius 3 is 2.73 bits per heavy atom. The number of halogens is 1. The van der Waals surface area contributed by atoms with Crippen LogP contribution in [0.5, 0.6) is 0 Å². The van der Waals surface area contributed by atoms with Crippen LogP contribution in [-0.2, 0) is 14.3 Å². The van der Waals surface area contributed by atoms with Crippen LogP contribution in [-0.4, -0.2) is 38.6 Å². The van der Waals surface area contributed by atoms with E-state index < -0.39 is 0 Å². The molecule has 1 aromatic carbocycles. The molecule has 2 amide bonds.